The summed E-state index contributed by atoms with van der Waals surface area (Å²) in [5.41, 5.74) is 3.38. The fourth-order valence-electron chi connectivity index (χ4n) is 1.73. The molecule has 2 N–H and O–H groups in total. The van der Waals surface area contributed by atoms with Gasteiger partial charge >= 0.3 is 0 Å². The minimum atomic E-state index is 0.178. The number of hydrogen-bond acceptors (Lipinski definition) is 4. The summed E-state index contributed by atoms with van der Waals surface area (Å²) in [6, 6.07) is 13.2. The molecule has 4 nitrogen and oxygen atoms in total. The van der Waals surface area contributed by atoms with E-state index >= 15 is 0 Å². The molecule has 90 valence electrons. The highest BCUT2D eigenvalue weighted by Crippen LogP contribution is 2.24. The van der Waals surface area contributed by atoms with Crippen LogP contribution in [0.3, 0.4) is 0 Å². The molecule has 0 unspecified atom stereocenters. The quantitative estimate of drug-likeness (QED) is 0.718. The topological polar surface area (TPSA) is 58.3 Å². The van der Waals surface area contributed by atoms with Crippen LogP contribution >= 0.6 is 0 Å². The van der Waals surface area contributed by atoms with Crippen molar-refractivity contribution in [3.8, 4) is 5.75 Å². The summed E-state index contributed by atoms with van der Waals surface area (Å²) in [4.78, 5) is 4.25. The Labute approximate surface area is 104 Å². The van der Waals surface area contributed by atoms with Crippen molar-refractivity contribution in [1.29, 1.82) is 0 Å². The van der Waals surface area contributed by atoms with Gasteiger partial charge in [-0.3, -0.25) is 0 Å². The molecule has 0 aliphatic heterocycles. The number of oxazole rings is 1. The molecule has 1 heterocycles. The lowest BCUT2D eigenvalue weighted by Crippen LogP contribution is -1.89. The Hall–Kier alpha value is -2.49. The van der Waals surface area contributed by atoms with E-state index in [1.807, 2.05) is 31.2 Å². The zero-order valence-corrected chi connectivity index (χ0v) is 9.84. The van der Waals surface area contributed by atoms with E-state index in [9.17, 15) is 5.11 Å². The predicted molar refractivity (Wildman–Crippen MR) is 70.1 cm³/mol. The number of phenolic OH excluding ortho intramolecular Hbond substituents is 1. The van der Waals surface area contributed by atoms with E-state index in [-0.39, 0.29) is 5.75 Å². The van der Waals surface area contributed by atoms with E-state index in [1.54, 1.807) is 18.2 Å². The molecule has 3 rings (SSSR count). The summed E-state index contributed by atoms with van der Waals surface area (Å²) in [6.45, 7) is 2.03. The molecular formula is C14H12N2O2. The lowest BCUT2D eigenvalue weighted by atomic mass is 10.2. The molecule has 2 aromatic carbocycles. The average molecular weight is 240 g/mol. The fourth-order valence-corrected chi connectivity index (χ4v) is 1.73. The third kappa shape index (κ3) is 2.00. The first-order valence-electron chi connectivity index (χ1n) is 5.64. The molecule has 0 fully saturated rings. The zero-order chi connectivity index (χ0) is 12.5. The van der Waals surface area contributed by atoms with Gasteiger partial charge in [0.25, 0.3) is 6.01 Å². The summed E-state index contributed by atoms with van der Waals surface area (Å²) < 4.78 is 5.52. The molecule has 0 spiro atoms. The molecule has 0 radical (unpaired) electrons. The number of aromatic nitrogens is 1. The summed E-state index contributed by atoms with van der Waals surface area (Å²) in [5.74, 6) is 0.178. The van der Waals surface area contributed by atoms with Crippen LogP contribution in [0.2, 0.25) is 0 Å². The Morgan fingerprint density at radius 2 is 1.89 bits per heavy atom. The summed E-state index contributed by atoms with van der Waals surface area (Å²) >= 11 is 0. The highest BCUT2D eigenvalue weighted by Gasteiger charge is 2.06. The number of fused-ring (bicyclic) bond motifs is 1. The van der Waals surface area contributed by atoms with Gasteiger partial charge in [-0.2, -0.15) is 4.98 Å². The number of benzene rings is 2. The van der Waals surface area contributed by atoms with Crippen molar-refractivity contribution in [2.24, 2.45) is 0 Å². The number of phenols is 1. The van der Waals surface area contributed by atoms with Gasteiger partial charge < -0.3 is 14.8 Å². The molecule has 0 saturated carbocycles. The normalized spacial score (nSPS) is 10.7. The Morgan fingerprint density at radius 1 is 1.11 bits per heavy atom. The van der Waals surface area contributed by atoms with Gasteiger partial charge in [0.1, 0.15) is 11.3 Å². The Balaban J connectivity index is 1.92. The molecule has 3 aromatic rings. The average Bonchev–Trinajstić information content (AvgIpc) is 2.73. The number of rotatable bonds is 2. The van der Waals surface area contributed by atoms with Crippen LogP contribution in [0.4, 0.5) is 11.7 Å². The van der Waals surface area contributed by atoms with E-state index in [4.69, 9.17) is 4.42 Å². The van der Waals surface area contributed by atoms with Gasteiger partial charge in [-0.15, -0.1) is 0 Å². The fraction of sp³-hybridized carbons (Fsp3) is 0.0714. The van der Waals surface area contributed by atoms with Crippen molar-refractivity contribution >= 4 is 22.8 Å². The lowest BCUT2D eigenvalue weighted by molar-refractivity contribution is 0.476. The largest absolute Gasteiger partial charge is 0.508 e. The van der Waals surface area contributed by atoms with Crippen LogP contribution in [0.15, 0.2) is 46.9 Å². The monoisotopic (exact) mass is 240 g/mol. The highest BCUT2D eigenvalue weighted by molar-refractivity contribution is 5.76. The molecule has 0 saturated heterocycles. The molecule has 0 atom stereocenters. The molecule has 0 amide bonds. The second kappa shape index (κ2) is 4.07. The standard InChI is InChI=1S/C14H12N2O2/c1-9-2-4-10(5-3-9)15-14-16-12-8-11(17)6-7-13(12)18-14/h2-8,17H,1H3,(H,15,16). The maximum absolute atomic E-state index is 9.36. The van der Waals surface area contributed by atoms with Crippen LogP contribution in [0.25, 0.3) is 11.1 Å². The first kappa shape index (κ1) is 10.7. The third-order valence-electron chi connectivity index (χ3n) is 2.67. The Kier molecular flexibility index (Phi) is 2.41. The number of anilines is 2. The van der Waals surface area contributed by atoms with Gasteiger partial charge in [0.2, 0.25) is 0 Å². The van der Waals surface area contributed by atoms with Crippen molar-refractivity contribution in [2.75, 3.05) is 5.32 Å². The maximum Gasteiger partial charge on any atom is 0.300 e. The SMILES string of the molecule is Cc1ccc(Nc2nc3cc(O)ccc3o2)cc1. The van der Waals surface area contributed by atoms with Crippen molar-refractivity contribution in [3.05, 3.63) is 48.0 Å². The molecule has 1 aromatic heterocycles. The number of nitrogens with zero attached hydrogens (tertiary/aromatic N) is 1. The van der Waals surface area contributed by atoms with E-state index in [0.717, 1.165) is 5.69 Å². The maximum atomic E-state index is 9.36. The number of aromatic hydroxyl groups is 1. The highest BCUT2D eigenvalue weighted by atomic mass is 16.4. The van der Waals surface area contributed by atoms with Gasteiger partial charge in [0, 0.05) is 11.8 Å². The predicted octanol–water partition coefficient (Wildman–Crippen LogP) is 3.59. The van der Waals surface area contributed by atoms with Crippen molar-refractivity contribution in [2.45, 2.75) is 6.92 Å². The van der Waals surface area contributed by atoms with E-state index < -0.39 is 0 Å². The number of aryl methyl sites for hydroxylation is 1. The first-order chi connectivity index (χ1) is 8.70. The van der Waals surface area contributed by atoms with Gasteiger partial charge in [0.15, 0.2) is 5.58 Å². The van der Waals surface area contributed by atoms with Crippen molar-refractivity contribution in [3.63, 3.8) is 0 Å². The minimum absolute atomic E-state index is 0.178. The van der Waals surface area contributed by atoms with Gasteiger partial charge in [0.05, 0.1) is 0 Å². The van der Waals surface area contributed by atoms with E-state index in [0.29, 0.717) is 17.1 Å². The molecule has 4 heteroatoms. The number of nitrogens with one attached hydrogen (secondary N) is 1. The van der Waals surface area contributed by atoms with Crippen LogP contribution in [0, 0.1) is 6.92 Å². The van der Waals surface area contributed by atoms with Gasteiger partial charge in [-0.25, -0.2) is 0 Å². The van der Waals surface area contributed by atoms with Crippen LogP contribution in [-0.4, -0.2) is 10.1 Å². The Morgan fingerprint density at radius 3 is 2.67 bits per heavy atom. The molecular weight excluding hydrogens is 228 g/mol. The molecule has 0 aliphatic carbocycles. The van der Waals surface area contributed by atoms with Crippen LogP contribution < -0.4 is 5.32 Å². The van der Waals surface area contributed by atoms with Crippen LogP contribution in [-0.2, 0) is 0 Å². The third-order valence-corrected chi connectivity index (χ3v) is 2.67. The minimum Gasteiger partial charge on any atom is -0.508 e. The van der Waals surface area contributed by atoms with Gasteiger partial charge in [-0.1, -0.05) is 17.7 Å². The smallest absolute Gasteiger partial charge is 0.300 e. The summed E-state index contributed by atoms with van der Waals surface area (Å²) in [7, 11) is 0. The van der Waals surface area contributed by atoms with Crippen LogP contribution in [0.5, 0.6) is 5.75 Å². The van der Waals surface area contributed by atoms with Gasteiger partial charge in [-0.05, 0) is 31.2 Å². The summed E-state index contributed by atoms with van der Waals surface area (Å²) in [5, 5.41) is 12.4. The van der Waals surface area contributed by atoms with Crippen molar-refractivity contribution < 1.29 is 9.52 Å². The zero-order valence-electron chi connectivity index (χ0n) is 9.84. The van der Waals surface area contributed by atoms with E-state index in [1.165, 1.54) is 5.56 Å². The Bertz CT molecular complexity index is 687. The second-order valence-electron chi connectivity index (χ2n) is 4.16. The molecule has 18 heavy (non-hydrogen) atoms. The van der Waals surface area contributed by atoms with Crippen molar-refractivity contribution in [1.82, 2.24) is 4.98 Å². The molecule has 0 bridgehead atoms. The van der Waals surface area contributed by atoms with Crippen LogP contribution in [0.1, 0.15) is 5.56 Å². The first-order valence-corrected chi connectivity index (χ1v) is 5.64. The second-order valence-corrected chi connectivity index (χ2v) is 4.16. The number of hydrogen-bond donors (Lipinski definition) is 2. The summed E-state index contributed by atoms with van der Waals surface area (Å²) in [6.07, 6.45) is 0. The molecule has 0 aliphatic rings. The van der Waals surface area contributed by atoms with E-state index in [2.05, 4.69) is 10.3 Å². The lowest BCUT2D eigenvalue weighted by Gasteiger charge is -2.00.